The van der Waals surface area contributed by atoms with E-state index in [1.54, 1.807) is 4.90 Å². The van der Waals surface area contributed by atoms with Crippen molar-refractivity contribution in [1.29, 1.82) is 0 Å². The molecule has 1 saturated heterocycles. The Labute approximate surface area is 183 Å². The molecule has 3 N–H and O–H groups in total. The molecule has 7 nitrogen and oxygen atoms in total. The number of hydrogen-bond donors (Lipinski definition) is 2. The fraction of sp³-hybridized carbons (Fsp3) is 0.364. The van der Waals surface area contributed by atoms with Crippen LogP contribution < -0.4 is 20.7 Å². The molecule has 0 aliphatic carbocycles. The van der Waals surface area contributed by atoms with Crippen LogP contribution in [-0.4, -0.2) is 31.0 Å². The number of hydrogen-bond acceptors (Lipinski definition) is 5. The van der Waals surface area contributed by atoms with Crippen molar-refractivity contribution in [1.82, 2.24) is 0 Å². The molecule has 1 heterocycles. The van der Waals surface area contributed by atoms with Gasteiger partial charge in [0.2, 0.25) is 5.91 Å². The standard InChI is InChI=1S/C22H24F3N3O4/c1-2-14(8-9-17-13-28(21(30)31-17)15-6-4-3-5-7-15)20(29)27-19-12-16(10-11-18(19)26)32-22(23,24)25/h3-7,10-12,14,17H,2,8-9,13,26H2,1H3,(H,27,29)/t14-,17-/m1/s1. The minimum atomic E-state index is -4.85. The van der Waals surface area contributed by atoms with Gasteiger partial charge in [-0.15, -0.1) is 13.2 Å². The van der Waals surface area contributed by atoms with E-state index in [-0.39, 0.29) is 23.4 Å². The smallest absolute Gasteiger partial charge is 0.444 e. The second-order valence-corrected chi connectivity index (χ2v) is 7.42. The Morgan fingerprint density at radius 3 is 2.66 bits per heavy atom. The van der Waals surface area contributed by atoms with Crippen LogP contribution in [0.5, 0.6) is 5.75 Å². The van der Waals surface area contributed by atoms with E-state index in [0.29, 0.717) is 25.8 Å². The maximum Gasteiger partial charge on any atom is 0.573 e. The van der Waals surface area contributed by atoms with E-state index in [1.807, 2.05) is 37.3 Å². The van der Waals surface area contributed by atoms with Gasteiger partial charge in [0, 0.05) is 17.7 Å². The van der Waals surface area contributed by atoms with Gasteiger partial charge in [-0.05, 0) is 43.5 Å². The van der Waals surface area contributed by atoms with Gasteiger partial charge in [0.25, 0.3) is 0 Å². The highest BCUT2D eigenvalue weighted by Gasteiger charge is 2.33. The summed E-state index contributed by atoms with van der Waals surface area (Å²) in [6, 6.07) is 12.5. The predicted molar refractivity (Wildman–Crippen MR) is 113 cm³/mol. The molecule has 1 fully saturated rings. The first-order valence-corrected chi connectivity index (χ1v) is 10.2. The summed E-state index contributed by atoms with van der Waals surface area (Å²) in [7, 11) is 0. The maximum atomic E-state index is 12.7. The van der Waals surface area contributed by atoms with Crippen LogP contribution in [0.4, 0.5) is 35.0 Å². The van der Waals surface area contributed by atoms with Crippen LogP contribution in [-0.2, 0) is 9.53 Å². The lowest BCUT2D eigenvalue weighted by Gasteiger charge is -2.18. The summed E-state index contributed by atoms with van der Waals surface area (Å²) in [5.74, 6) is -1.30. The Kier molecular flexibility index (Phi) is 7.12. The summed E-state index contributed by atoms with van der Waals surface area (Å²) in [4.78, 5) is 26.4. The van der Waals surface area contributed by atoms with E-state index in [2.05, 4.69) is 10.1 Å². The zero-order valence-corrected chi connectivity index (χ0v) is 17.4. The van der Waals surface area contributed by atoms with Crippen LogP contribution in [0.2, 0.25) is 0 Å². The van der Waals surface area contributed by atoms with E-state index >= 15 is 0 Å². The molecule has 0 aromatic heterocycles. The zero-order chi connectivity index (χ0) is 23.3. The Balaban J connectivity index is 1.58. The molecule has 1 aliphatic heterocycles. The number of nitrogens with zero attached hydrogens (tertiary/aromatic N) is 1. The number of carbonyl (C=O) groups excluding carboxylic acids is 2. The second-order valence-electron chi connectivity index (χ2n) is 7.42. The minimum Gasteiger partial charge on any atom is -0.444 e. The predicted octanol–water partition coefficient (Wildman–Crippen LogP) is 4.94. The van der Waals surface area contributed by atoms with Crippen molar-refractivity contribution in [3.63, 3.8) is 0 Å². The van der Waals surface area contributed by atoms with Crippen molar-refractivity contribution >= 4 is 29.1 Å². The number of rotatable bonds is 8. The van der Waals surface area contributed by atoms with Crippen molar-refractivity contribution in [2.24, 2.45) is 5.92 Å². The second kappa shape index (κ2) is 9.80. The number of amides is 2. The van der Waals surface area contributed by atoms with Gasteiger partial charge in [0.05, 0.1) is 17.9 Å². The molecule has 0 unspecified atom stereocenters. The number of anilines is 3. The van der Waals surface area contributed by atoms with Crippen molar-refractivity contribution in [3.8, 4) is 5.75 Å². The fourth-order valence-corrected chi connectivity index (χ4v) is 3.47. The molecule has 32 heavy (non-hydrogen) atoms. The zero-order valence-electron chi connectivity index (χ0n) is 17.4. The van der Waals surface area contributed by atoms with Crippen LogP contribution in [0, 0.1) is 5.92 Å². The fourth-order valence-electron chi connectivity index (χ4n) is 3.47. The molecule has 0 saturated carbocycles. The lowest BCUT2D eigenvalue weighted by atomic mass is 9.97. The molecule has 2 aromatic rings. The Hall–Kier alpha value is -3.43. The van der Waals surface area contributed by atoms with Crippen LogP contribution in [0.25, 0.3) is 0 Å². The normalized spacial score (nSPS) is 17.1. The molecule has 1 aliphatic rings. The summed E-state index contributed by atoms with van der Waals surface area (Å²) in [6.07, 6.45) is -4.26. The molecule has 2 aromatic carbocycles. The van der Waals surface area contributed by atoms with Gasteiger partial charge in [0.15, 0.2) is 0 Å². The highest BCUT2D eigenvalue weighted by molar-refractivity contribution is 5.95. The molecule has 0 radical (unpaired) electrons. The monoisotopic (exact) mass is 451 g/mol. The third kappa shape index (κ3) is 6.05. The van der Waals surface area contributed by atoms with Gasteiger partial charge in [-0.25, -0.2) is 4.79 Å². The van der Waals surface area contributed by atoms with E-state index in [4.69, 9.17) is 10.5 Å². The van der Waals surface area contributed by atoms with Crippen LogP contribution in [0.15, 0.2) is 48.5 Å². The summed E-state index contributed by atoms with van der Waals surface area (Å²) in [6.45, 7) is 2.21. The number of nitrogens with one attached hydrogen (secondary N) is 1. The van der Waals surface area contributed by atoms with Crippen LogP contribution >= 0.6 is 0 Å². The van der Waals surface area contributed by atoms with E-state index in [1.165, 1.54) is 6.07 Å². The van der Waals surface area contributed by atoms with Gasteiger partial charge < -0.3 is 20.5 Å². The van der Waals surface area contributed by atoms with Gasteiger partial charge in [-0.1, -0.05) is 25.1 Å². The van der Waals surface area contributed by atoms with E-state index in [0.717, 1.165) is 17.8 Å². The molecule has 2 atom stereocenters. The van der Waals surface area contributed by atoms with Gasteiger partial charge in [-0.3, -0.25) is 9.69 Å². The number of cyclic esters (lactones) is 1. The van der Waals surface area contributed by atoms with Crippen molar-refractivity contribution in [2.45, 2.75) is 38.7 Å². The number of para-hydroxylation sites is 1. The van der Waals surface area contributed by atoms with E-state index < -0.39 is 24.1 Å². The minimum absolute atomic E-state index is 0.0396. The summed E-state index contributed by atoms with van der Waals surface area (Å²) >= 11 is 0. The van der Waals surface area contributed by atoms with Crippen LogP contribution in [0.3, 0.4) is 0 Å². The largest absolute Gasteiger partial charge is 0.573 e. The average Bonchev–Trinajstić information content (AvgIpc) is 3.11. The first-order valence-electron chi connectivity index (χ1n) is 10.2. The Morgan fingerprint density at radius 2 is 2.00 bits per heavy atom. The molecular weight excluding hydrogens is 427 g/mol. The Bertz CT molecular complexity index is 953. The summed E-state index contributed by atoms with van der Waals surface area (Å²) < 4.78 is 46.6. The highest BCUT2D eigenvalue weighted by atomic mass is 19.4. The summed E-state index contributed by atoms with van der Waals surface area (Å²) in [5, 5.41) is 2.58. The topological polar surface area (TPSA) is 93.9 Å². The number of ether oxygens (including phenoxy) is 2. The third-order valence-electron chi connectivity index (χ3n) is 5.16. The lowest BCUT2D eigenvalue weighted by Crippen LogP contribution is -2.26. The van der Waals surface area contributed by atoms with Crippen LogP contribution in [0.1, 0.15) is 26.2 Å². The maximum absolute atomic E-state index is 12.7. The lowest BCUT2D eigenvalue weighted by molar-refractivity contribution is -0.274. The van der Waals surface area contributed by atoms with E-state index in [9.17, 15) is 22.8 Å². The third-order valence-corrected chi connectivity index (χ3v) is 5.16. The first-order chi connectivity index (χ1) is 15.2. The SMILES string of the molecule is CC[C@H](CC[C@@H]1CN(c2ccccc2)C(=O)O1)C(=O)Nc1cc(OC(F)(F)F)ccc1N. The molecular formula is C22H24F3N3O4. The molecule has 0 spiro atoms. The van der Waals surface area contributed by atoms with Gasteiger partial charge in [0.1, 0.15) is 11.9 Å². The van der Waals surface area contributed by atoms with Crippen molar-refractivity contribution < 1.29 is 32.2 Å². The molecule has 3 rings (SSSR count). The number of alkyl halides is 3. The number of nitrogen functional groups attached to an aromatic ring is 1. The molecule has 0 bridgehead atoms. The van der Waals surface area contributed by atoms with Crippen molar-refractivity contribution in [2.75, 3.05) is 22.5 Å². The Morgan fingerprint density at radius 1 is 1.28 bits per heavy atom. The number of halogens is 3. The van der Waals surface area contributed by atoms with Gasteiger partial charge in [-0.2, -0.15) is 0 Å². The quantitative estimate of drug-likeness (QED) is 0.555. The highest BCUT2D eigenvalue weighted by Crippen LogP contribution is 2.30. The number of benzene rings is 2. The first kappa shape index (κ1) is 23.2. The number of carbonyl (C=O) groups is 2. The van der Waals surface area contributed by atoms with Gasteiger partial charge >= 0.3 is 12.5 Å². The average molecular weight is 451 g/mol. The number of nitrogens with two attached hydrogens (primary N) is 1. The molecule has 10 heteroatoms. The molecule has 172 valence electrons. The molecule has 2 amide bonds. The summed E-state index contributed by atoms with van der Waals surface area (Å²) in [5.41, 5.74) is 6.68. The van der Waals surface area contributed by atoms with Crippen molar-refractivity contribution in [3.05, 3.63) is 48.5 Å².